The predicted octanol–water partition coefficient (Wildman–Crippen LogP) is -0.613. The summed E-state index contributed by atoms with van der Waals surface area (Å²) in [5.41, 5.74) is 0. The van der Waals surface area contributed by atoms with Gasteiger partial charge in [-0.2, -0.15) is 0 Å². The molecule has 1 aliphatic rings. The van der Waals surface area contributed by atoms with Crippen molar-refractivity contribution in [2.75, 3.05) is 59.5 Å². The van der Waals surface area contributed by atoms with Gasteiger partial charge in [-0.15, -0.1) is 0 Å². The molecule has 0 aromatic carbocycles. The summed E-state index contributed by atoms with van der Waals surface area (Å²) >= 11 is 0. The van der Waals surface area contributed by atoms with Crippen molar-refractivity contribution in [2.45, 2.75) is 6.92 Å². The first-order valence-electron chi connectivity index (χ1n) is 6.01. The smallest absolute Gasteiger partial charge is 0.320 e. The number of likely N-dealkylation sites (N-methyl/N-ethyl adjacent to an activating group) is 1. The molecule has 1 saturated heterocycles. The highest BCUT2D eigenvalue weighted by Crippen LogP contribution is 2.01. The van der Waals surface area contributed by atoms with E-state index in [1.54, 1.807) is 0 Å². The molecule has 16 heavy (non-hydrogen) atoms. The molecule has 1 rings (SSSR count). The molecule has 1 N–H and O–H groups in total. The van der Waals surface area contributed by atoms with Gasteiger partial charge in [-0.05, 0) is 14.0 Å². The third-order valence-corrected chi connectivity index (χ3v) is 2.80. The van der Waals surface area contributed by atoms with Gasteiger partial charge >= 0.3 is 5.97 Å². The molecule has 1 fully saturated rings. The Morgan fingerprint density at radius 3 is 2.44 bits per heavy atom. The van der Waals surface area contributed by atoms with Crippen LogP contribution in [0.25, 0.3) is 0 Å². The number of carbonyl (C=O) groups excluding carboxylic acids is 1. The lowest BCUT2D eigenvalue weighted by Crippen LogP contribution is -2.49. The second kappa shape index (κ2) is 7.60. The van der Waals surface area contributed by atoms with Crippen LogP contribution in [0.15, 0.2) is 0 Å². The van der Waals surface area contributed by atoms with Gasteiger partial charge in [0.05, 0.1) is 13.2 Å². The van der Waals surface area contributed by atoms with Crippen LogP contribution in [-0.4, -0.2) is 75.2 Å². The van der Waals surface area contributed by atoms with Gasteiger partial charge in [0.25, 0.3) is 0 Å². The largest absolute Gasteiger partial charge is 0.465 e. The van der Waals surface area contributed by atoms with Crippen LogP contribution in [0.1, 0.15) is 6.92 Å². The Bertz CT molecular complexity index is 203. The maximum atomic E-state index is 11.3. The normalized spacial score (nSPS) is 18.6. The number of nitrogens with zero attached hydrogens (tertiary/aromatic N) is 2. The summed E-state index contributed by atoms with van der Waals surface area (Å²) in [7, 11) is 1.97. The Kier molecular flexibility index (Phi) is 6.37. The van der Waals surface area contributed by atoms with E-state index in [0.717, 1.165) is 39.3 Å². The zero-order valence-electron chi connectivity index (χ0n) is 10.4. The van der Waals surface area contributed by atoms with Crippen molar-refractivity contribution < 1.29 is 9.53 Å². The maximum Gasteiger partial charge on any atom is 0.320 e. The van der Waals surface area contributed by atoms with E-state index in [-0.39, 0.29) is 5.97 Å². The fourth-order valence-corrected chi connectivity index (χ4v) is 1.83. The summed E-state index contributed by atoms with van der Waals surface area (Å²) < 4.78 is 4.93. The van der Waals surface area contributed by atoms with Crippen molar-refractivity contribution in [2.24, 2.45) is 0 Å². The van der Waals surface area contributed by atoms with Crippen molar-refractivity contribution in [1.82, 2.24) is 15.1 Å². The van der Waals surface area contributed by atoms with E-state index >= 15 is 0 Å². The average Bonchev–Trinajstić information content (AvgIpc) is 2.28. The van der Waals surface area contributed by atoms with Gasteiger partial charge in [-0.1, -0.05) is 0 Å². The first-order valence-corrected chi connectivity index (χ1v) is 6.01. The average molecular weight is 229 g/mol. The number of piperazine rings is 1. The lowest BCUT2D eigenvalue weighted by Gasteiger charge is -2.33. The zero-order chi connectivity index (χ0) is 11.8. The van der Waals surface area contributed by atoms with E-state index in [2.05, 4.69) is 15.1 Å². The first kappa shape index (κ1) is 13.4. The molecule has 0 aliphatic carbocycles. The molecule has 0 saturated carbocycles. The molecular weight excluding hydrogens is 206 g/mol. The second-order valence-corrected chi connectivity index (χ2v) is 4.03. The molecule has 0 aromatic heterocycles. The van der Waals surface area contributed by atoms with Crippen LogP contribution < -0.4 is 5.32 Å². The highest BCUT2D eigenvalue weighted by molar-refractivity contribution is 5.71. The van der Waals surface area contributed by atoms with Gasteiger partial charge in [-0.25, -0.2) is 0 Å². The van der Waals surface area contributed by atoms with E-state index < -0.39 is 0 Å². The van der Waals surface area contributed by atoms with Crippen LogP contribution in [0.2, 0.25) is 0 Å². The summed E-state index contributed by atoms with van der Waals surface area (Å²) in [5, 5.41) is 3.15. The van der Waals surface area contributed by atoms with Crippen molar-refractivity contribution in [3.8, 4) is 0 Å². The third-order valence-electron chi connectivity index (χ3n) is 2.80. The van der Waals surface area contributed by atoms with E-state index in [9.17, 15) is 4.79 Å². The number of ether oxygens (including phenoxy) is 1. The topological polar surface area (TPSA) is 44.8 Å². The Morgan fingerprint density at radius 1 is 1.25 bits per heavy atom. The molecule has 0 radical (unpaired) electrons. The summed E-state index contributed by atoms with van der Waals surface area (Å²) in [6.07, 6.45) is 0. The van der Waals surface area contributed by atoms with Crippen LogP contribution in [0.5, 0.6) is 0 Å². The van der Waals surface area contributed by atoms with Gasteiger partial charge in [0, 0.05) is 39.3 Å². The number of hydrogen-bond donors (Lipinski definition) is 1. The summed E-state index contributed by atoms with van der Waals surface area (Å²) in [6, 6.07) is 0. The molecule has 0 amide bonds. The van der Waals surface area contributed by atoms with E-state index in [1.807, 2.05) is 14.0 Å². The van der Waals surface area contributed by atoms with Crippen LogP contribution in [0.4, 0.5) is 0 Å². The van der Waals surface area contributed by atoms with Crippen LogP contribution >= 0.6 is 0 Å². The lowest BCUT2D eigenvalue weighted by atomic mass is 10.3. The van der Waals surface area contributed by atoms with Gasteiger partial charge in [0.2, 0.25) is 0 Å². The highest BCUT2D eigenvalue weighted by atomic mass is 16.5. The molecule has 0 atom stereocenters. The number of carbonyl (C=O) groups is 1. The number of esters is 1. The molecule has 0 spiro atoms. The fraction of sp³-hybridized carbons (Fsp3) is 0.909. The molecule has 94 valence electrons. The SMILES string of the molecule is CCOC(=O)CN1CCN(CCNC)CC1. The zero-order valence-corrected chi connectivity index (χ0v) is 10.4. The molecule has 1 heterocycles. The van der Waals surface area contributed by atoms with Crippen molar-refractivity contribution in [1.29, 1.82) is 0 Å². The Labute approximate surface area is 97.7 Å². The van der Waals surface area contributed by atoms with Gasteiger partial charge in [0.1, 0.15) is 0 Å². The highest BCUT2D eigenvalue weighted by Gasteiger charge is 2.18. The van der Waals surface area contributed by atoms with E-state index in [0.29, 0.717) is 13.2 Å². The number of rotatable bonds is 6. The minimum atomic E-state index is -0.105. The van der Waals surface area contributed by atoms with Gasteiger partial charge in [0.15, 0.2) is 0 Å². The van der Waals surface area contributed by atoms with Crippen molar-refractivity contribution >= 4 is 5.97 Å². The Morgan fingerprint density at radius 2 is 1.88 bits per heavy atom. The summed E-state index contributed by atoms with van der Waals surface area (Å²) in [6.45, 7) is 8.87. The van der Waals surface area contributed by atoms with Crippen LogP contribution in [-0.2, 0) is 9.53 Å². The fourth-order valence-electron chi connectivity index (χ4n) is 1.83. The number of nitrogens with one attached hydrogen (secondary N) is 1. The Balaban J connectivity index is 2.14. The predicted molar refractivity (Wildman–Crippen MR) is 63.4 cm³/mol. The molecule has 5 heteroatoms. The molecule has 0 bridgehead atoms. The third kappa shape index (κ3) is 4.92. The standard InChI is InChI=1S/C11H23N3O2/c1-3-16-11(15)10-14-8-6-13(7-9-14)5-4-12-2/h12H,3-10H2,1-2H3. The molecule has 5 nitrogen and oxygen atoms in total. The van der Waals surface area contributed by atoms with E-state index in [1.165, 1.54) is 0 Å². The molecular formula is C11H23N3O2. The van der Waals surface area contributed by atoms with Crippen molar-refractivity contribution in [3.63, 3.8) is 0 Å². The van der Waals surface area contributed by atoms with Gasteiger partial charge in [-0.3, -0.25) is 14.6 Å². The molecule has 0 unspecified atom stereocenters. The Hall–Kier alpha value is -0.650. The summed E-state index contributed by atoms with van der Waals surface area (Å²) in [4.78, 5) is 15.9. The molecule has 1 aliphatic heterocycles. The van der Waals surface area contributed by atoms with Crippen molar-refractivity contribution in [3.05, 3.63) is 0 Å². The number of hydrogen-bond acceptors (Lipinski definition) is 5. The van der Waals surface area contributed by atoms with Crippen LogP contribution in [0, 0.1) is 0 Å². The quantitative estimate of drug-likeness (QED) is 0.615. The monoisotopic (exact) mass is 229 g/mol. The van der Waals surface area contributed by atoms with E-state index in [4.69, 9.17) is 4.74 Å². The summed E-state index contributed by atoms with van der Waals surface area (Å²) in [5.74, 6) is -0.105. The first-order chi connectivity index (χ1) is 7.76. The van der Waals surface area contributed by atoms with Gasteiger partial charge < -0.3 is 10.1 Å². The lowest BCUT2D eigenvalue weighted by molar-refractivity contribution is -0.144. The minimum Gasteiger partial charge on any atom is -0.465 e. The second-order valence-electron chi connectivity index (χ2n) is 4.03. The maximum absolute atomic E-state index is 11.3. The minimum absolute atomic E-state index is 0.105. The molecule has 0 aromatic rings. The van der Waals surface area contributed by atoms with Crippen LogP contribution in [0.3, 0.4) is 0 Å².